The number of hydrogen-bond donors (Lipinski definition) is 1. The van der Waals surface area contributed by atoms with Gasteiger partial charge in [-0.2, -0.15) is 0 Å². The first kappa shape index (κ1) is 10.9. The van der Waals surface area contributed by atoms with Gasteiger partial charge in [-0.1, -0.05) is 0 Å². The van der Waals surface area contributed by atoms with E-state index < -0.39 is 5.30 Å². The molecule has 0 aliphatic rings. The van der Waals surface area contributed by atoms with E-state index in [1.54, 1.807) is 24.3 Å². The molecule has 0 aliphatic carbocycles. The second kappa shape index (κ2) is 4.91. The van der Waals surface area contributed by atoms with E-state index in [1.165, 1.54) is 0 Å². The first-order valence-corrected chi connectivity index (χ1v) is 5.07. The van der Waals surface area contributed by atoms with Gasteiger partial charge in [-0.05, 0) is 49.9 Å². The zero-order valence-corrected chi connectivity index (χ0v) is 8.88. The lowest BCUT2D eigenvalue weighted by Crippen LogP contribution is -2.05. The molecule has 14 heavy (non-hydrogen) atoms. The van der Waals surface area contributed by atoms with Crippen molar-refractivity contribution in [2.75, 3.05) is 0 Å². The first-order chi connectivity index (χ1) is 6.58. The lowest BCUT2D eigenvalue weighted by Gasteiger charge is -2.09. The van der Waals surface area contributed by atoms with Crippen molar-refractivity contribution in [3.05, 3.63) is 24.3 Å². The molecule has 1 rings (SSSR count). The summed E-state index contributed by atoms with van der Waals surface area (Å²) in [7, 11) is 0. The smallest absolute Gasteiger partial charge is 0.369 e. The number of rotatable bonds is 3. The van der Waals surface area contributed by atoms with Crippen molar-refractivity contribution < 1.29 is 14.6 Å². The Hall–Kier alpha value is -1.16. The average Bonchev–Trinajstić information content (AvgIpc) is 2.06. The summed E-state index contributed by atoms with van der Waals surface area (Å²) in [5, 5.41) is 7.61. The van der Waals surface area contributed by atoms with Crippen LogP contribution >= 0.6 is 11.8 Å². The van der Waals surface area contributed by atoms with Crippen molar-refractivity contribution in [1.29, 1.82) is 0 Å². The maximum atomic E-state index is 10.4. The van der Waals surface area contributed by atoms with Crippen molar-refractivity contribution in [1.82, 2.24) is 0 Å². The lowest BCUT2D eigenvalue weighted by molar-refractivity contribution is 0.222. The van der Waals surface area contributed by atoms with Gasteiger partial charge in [-0.25, -0.2) is 4.79 Å². The molecule has 0 aliphatic heterocycles. The fourth-order valence-corrected chi connectivity index (χ4v) is 1.43. The molecule has 3 nitrogen and oxygen atoms in total. The second-order valence-electron chi connectivity index (χ2n) is 3.01. The molecule has 0 atom stereocenters. The molecule has 0 radical (unpaired) electrons. The van der Waals surface area contributed by atoms with Gasteiger partial charge >= 0.3 is 5.30 Å². The summed E-state index contributed by atoms with van der Waals surface area (Å²) in [6.45, 7) is 3.89. The third-order valence-corrected chi connectivity index (χ3v) is 2.08. The lowest BCUT2D eigenvalue weighted by atomic mass is 10.3. The summed E-state index contributed by atoms with van der Waals surface area (Å²) in [6.07, 6.45) is 0.132. The number of carbonyl (C=O) groups is 1. The Morgan fingerprint density at radius 3 is 2.36 bits per heavy atom. The Morgan fingerprint density at radius 1 is 1.36 bits per heavy atom. The van der Waals surface area contributed by atoms with E-state index in [4.69, 9.17) is 9.84 Å². The molecular weight excluding hydrogens is 200 g/mol. The van der Waals surface area contributed by atoms with E-state index in [1.807, 2.05) is 13.8 Å². The number of benzene rings is 1. The van der Waals surface area contributed by atoms with Crippen LogP contribution in [0.1, 0.15) is 13.8 Å². The summed E-state index contributed by atoms with van der Waals surface area (Å²) in [6, 6.07) is 7.00. The third-order valence-electron chi connectivity index (χ3n) is 1.40. The van der Waals surface area contributed by atoms with Gasteiger partial charge in [0.2, 0.25) is 0 Å². The van der Waals surface area contributed by atoms with Crippen molar-refractivity contribution in [2.24, 2.45) is 0 Å². The highest BCUT2D eigenvalue weighted by Gasteiger charge is 2.02. The van der Waals surface area contributed by atoms with E-state index in [2.05, 4.69) is 0 Å². The average molecular weight is 212 g/mol. The first-order valence-electron chi connectivity index (χ1n) is 4.25. The summed E-state index contributed by atoms with van der Waals surface area (Å²) < 4.78 is 5.42. The van der Waals surface area contributed by atoms with Crippen molar-refractivity contribution >= 4 is 17.1 Å². The Kier molecular flexibility index (Phi) is 3.83. The van der Waals surface area contributed by atoms with Crippen molar-refractivity contribution in [3.63, 3.8) is 0 Å². The summed E-state index contributed by atoms with van der Waals surface area (Å²) in [4.78, 5) is 11.1. The molecule has 0 spiro atoms. The molecule has 4 heteroatoms. The molecule has 0 amide bonds. The highest BCUT2D eigenvalue weighted by Crippen LogP contribution is 2.22. The molecule has 1 aromatic rings. The van der Waals surface area contributed by atoms with Crippen LogP contribution in [0.15, 0.2) is 29.2 Å². The number of carboxylic acid groups (broad SMARTS) is 1. The van der Waals surface area contributed by atoms with Crippen LogP contribution in [0.3, 0.4) is 0 Å². The molecule has 1 N–H and O–H groups in total. The van der Waals surface area contributed by atoms with Crippen LogP contribution in [-0.2, 0) is 0 Å². The zero-order chi connectivity index (χ0) is 10.6. The Labute approximate surface area is 87.1 Å². The van der Waals surface area contributed by atoms with Gasteiger partial charge in [0.1, 0.15) is 5.75 Å². The number of thioether (sulfide) groups is 1. The largest absolute Gasteiger partial charge is 0.491 e. The SMILES string of the molecule is CC(C)Oc1ccc(SC(=O)O)cc1. The highest BCUT2D eigenvalue weighted by molar-refractivity contribution is 8.13. The summed E-state index contributed by atoms with van der Waals surface area (Å²) in [5.74, 6) is 0.759. The normalized spacial score (nSPS) is 10.2. The van der Waals surface area contributed by atoms with Crippen molar-refractivity contribution in [2.45, 2.75) is 24.8 Å². The Morgan fingerprint density at radius 2 is 1.93 bits per heavy atom. The van der Waals surface area contributed by atoms with E-state index in [9.17, 15) is 4.79 Å². The van der Waals surface area contributed by atoms with E-state index in [0.29, 0.717) is 4.90 Å². The van der Waals surface area contributed by atoms with Crippen LogP contribution in [0.2, 0.25) is 0 Å². The minimum absolute atomic E-state index is 0.132. The topological polar surface area (TPSA) is 46.5 Å². The molecule has 0 heterocycles. The molecule has 1 aromatic carbocycles. The van der Waals surface area contributed by atoms with Gasteiger partial charge in [0.15, 0.2) is 0 Å². The molecule has 76 valence electrons. The quantitative estimate of drug-likeness (QED) is 0.781. The maximum absolute atomic E-state index is 10.4. The monoisotopic (exact) mass is 212 g/mol. The van der Waals surface area contributed by atoms with Crippen LogP contribution in [0, 0.1) is 0 Å². The van der Waals surface area contributed by atoms with Crippen LogP contribution in [0.5, 0.6) is 5.75 Å². The fraction of sp³-hybridized carbons (Fsp3) is 0.300. The van der Waals surface area contributed by atoms with E-state index in [-0.39, 0.29) is 6.10 Å². The van der Waals surface area contributed by atoms with Crippen LogP contribution in [-0.4, -0.2) is 16.5 Å². The number of ether oxygens (including phenoxy) is 1. The number of hydrogen-bond acceptors (Lipinski definition) is 3. The molecule has 0 fully saturated rings. The van der Waals surface area contributed by atoms with Crippen molar-refractivity contribution in [3.8, 4) is 5.75 Å². The summed E-state index contributed by atoms with van der Waals surface area (Å²) in [5.41, 5.74) is 0. The molecule has 0 aromatic heterocycles. The predicted molar refractivity (Wildman–Crippen MR) is 56.1 cm³/mol. The van der Waals surface area contributed by atoms with Crippen LogP contribution in [0.4, 0.5) is 4.79 Å². The van der Waals surface area contributed by atoms with Gasteiger partial charge < -0.3 is 9.84 Å². The fourth-order valence-electron chi connectivity index (χ4n) is 0.959. The van der Waals surface area contributed by atoms with Gasteiger partial charge in [0.05, 0.1) is 6.10 Å². The van der Waals surface area contributed by atoms with Crippen LogP contribution < -0.4 is 4.74 Å². The summed E-state index contributed by atoms with van der Waals surface area (Å²) >= 11 is 0.787. The van der Waals surface area contributed by atoms with E-state index in [0.717, 1.165) is 17.5 Å². The van der Waals surface area contributed by atoms with Crippen LogP contribution in [0.25, 0.3) is 0 Å². The predicted octanol–water partition coefficient (Wildman–Crippen LogP) is 3.24. The molecule has 0 bridgehead atoms. The maximum Gasteiger partial charge on any atom is 0.369 e. The molecule has 0 saturated heterocycles. The van der Waals surface area contributed by atoms with Gasteiger partial charge in [-0.3, -0.25) is 0 Å². The minimum atomic E-state index is -0.900. The third kappa shape index (κ3) is 3.70. The highest BCUT2D eigenvalue weighted by atomic mass is 32.2. The van der Waals surface area contributed by atoms with E-state index >= 15 is 0 Å². The van der Waals surface area contributed by atoms with Gasteiger partial charge in [0.25, 0.3) is 0 Å². The van der Waals surface area contributed by atoms with Gasteiger partial charge in [-0.15, -0.1) is 0 Å². The standard InChI is InChI=1S/C10H12O3S/c1-7(2)13-8-3-5-9(6-4-8)14-10(11)12/h3-7H,1-2H3,(H,11,12). The van der Waals surface area contributed by atoms with Gasteiger partial charge in [0, 0.05) is 4.90 Å². The molecule has 0 unspecified atom stereocenters. The zero-order valence-electron chi connectivity index (χ0n) is 8.06. The Balaban J connectivity index is 2.63. The Bertz CT molecular complexity index is 306. The molecule has 0 saturated carbocycles. The molecular formula is C10H12O3S. The second-order valence-corrected chi connectivity index (χ2v) is 4.03. The minimum Gasteiger partial charge on any atom is -0.491 e.